The molecule has 6 heteroatoms. The number of nitrogens with zero attached hydrogens (tertiary/aromatic N) is 3. The van der Waals surface area contributed by atoms with Crippen molar-refractivity contribution in [1.82, 2.24) is 10.2 Å². The van der Waals surface area contributed by atoms with Gasteiger partial charge < -0.3 is 20.4 Å². The zero-order valence-corrected chi connectivity index (χ0v) is 17.0. The maximum Gasteiger partial charge on any atom is 0.125 e. The summed E-state index contributed by atoms with van der Waals surface area (Å²) in [6, 6.07) is 9.04. The van der Waals surface area contributed by atoms with Crippen LogP contribution >= 0.6 is 0 Å². The van der Waals surface area contributed by atoms with Crippen LogP contribution in [0.15, 0.2) is 46.5 Å². The van der Waals surface area contributed by atoms with Gasteiger partial charge in [0.2, 0.25) is 0 Å². The highest BCUT2D eigenvalue weighted by Gasteiger charge is 2.21. The van der Waals surface area contributed by atoms with E-state index in [-0.39, 0.29) is 11.5 Å². The Hall–Kier alpha value is -2.96. The van der Waals surface area contributed by atoms with Crippen LogP contribution in [0, 0.1) is 0 Å². The maximum absolute atomic E-state index is 10.5. The molecule has 0 amide bonds. The Morgan fingerprint density at radius 2 is 1.86 bits per heavy atom. The van der Waals surface area contributed by atoms with E-state index in [0.29, 0.717) is 0 Å². The van der Waals surface area contributed by atoms with Crippen LogP contribution in [0.4, 0.5) is 0 Å². The first-order valence-electron chi connectivity index (χ1n) is 9.84. The number of hydrogen-bond donors (Lipinski definition) is 3. The van der Waals surface area contributed by atoms with Crippen LogP contribution in [0.2, 0.25) is 0 Å². The van der Waals surface area contributed by atoms with Crippen LogP contribution < -0.4 is 26.5 Å². The smallest absolute Gasteiger partial charge is 0.125 e. The molecule has 2 aliphatic heterocycles. The Kier molecular flexibility index (Phi) is 5.22. The Labute approximate surface area is 169 Å². The quantitative estimate of drug-likeness (QED) is 0.660. The highest BCUT2D eigenvalue weighted by molar-refractivity contribution is 5.90. The van der Waals surface area contributed by atoms with Gasteiger partial charge in [-0.05, 0) is 75.9 Å². The zero-order chi connectivity index (χ0) is 20.5. The number of fused-ring (bicyclic) bond motifs is 2. The Bertz CT molecular complexity index is 1240. The Morgan fingerprint density at radius 1 is 1.03 bits per heavy atom. The van der Waals surface area contributed by atoms with E-state index in [9.17, 15) is 10.2 Å². The number of nitrogens with one attached hydrogen (secondary N) is 1. The fourth-order valence-corrected chi connectivity index (χ4v) is 3.92. The number of phenolic OH excluding ortho intramolecular Hbond substituents is 2. The highest BCUT2D eigenvalue weighted by Crippen LogP contribution is 2.27. The minimum Gasteiger partial charge on any atom is -0.507 e. The molecule has 29 heavy (non-hydrogen) atoms. The molecule has 0 unspecified atom stereocenters. The van der Waals surface area contributed by atoms with Crippen LogP contribution in [0.3, 0.4) is 0 Å². The molecule has 6 nitrogen and oxygen atoms in total. The van der Waals surface area contributed by atoms with Crippen molar-refractivity contribution in [1.29, 1.82) is 0 Å². The van der Waals surface area contributed by atoms with Crippen molar-refractivity contribution in [2.75, 3.05) is 34.2 Å². The van der Waals surface area contributed by atoms with E-state index < -0.39 is 0 Å². The minimum atomic E-state index is 0.237. The predicted molar refractivity (Wildman–Crippen MR) is 114 cm³/mol. The lowest BCUT2D eigenvalue weighted by molar-refractivity contribution is 0.419. The maximum atomic E-state index is 10.5. The van der Waals surface area contributed by atoms with Gasteiger partial charge in [0, 0.05) is 28.7 Å². The van der Waals surface area contributed by atoms with E-state index in [4.69, 9.17) is 4.99 Å². The van der Waals surface area contributed by atoms with Gasteiger partial charge >= 0.3 is 0 Å². The molecule has 0 radical (unpaired) electrons. The average molecular weight is 390 g/mol. The van der Waals surface area contributed by atoms with E-state index in [1.54, 1.807) is 12.1 Å². The third kappa shape index (κ3) is 3.45. The van der Waals surface area contributed by atoms with Crippen molar-refractivity contribution in [3.63, 3.8) is 0 Å². The fraction of sp³-hybridized carbons (Fsp3) is 0.304. The van der Waals surface area contributed by atoms with Crippen molar-refractivity contribution in [3.8, 4) is 11.5 Å². The van der Waals surface area contributed by atoms with E-state index in [0.717, 1.165) is 69.5 Å². The standard InChI is InChI=1S/C23H26N4O2/c1-24-11-9-14-13-25-23-16(7-8-19(29)20(14)23)22-15(10-12-27(2)3)21-17(26-22)5-4-6-18(21)28/h4-8,13,24,28-29H,9-12H2,1-3H3. The van der Waals surface area contributed by atoms with Gasteiger partial charge in [0.05, 0.1) is 16.4 Å². The molecule has 0 aliphatic carbocycles. The molecule has 150 valence electrons. The predicted octanol–water partition coefficient (Wildman–Crippen LogP) is 0.225. The van der Waals surface area contributed by atoms with Crippen molar-refractivity contribution >= 4 is 16.8 Å². The minimum absolute atomic E-state index is 0.237. The van der Waals surface area contributed by atoms with Crippen LogP contribution in [0.1, 0.15) is 18.4 Å². The van der Waals surface area contributed by atoms with Crippen molar-refractivity contribution < 1.29 is 10.2 Å². The molecular formula is C23H26N4O2. The largest absolute Gasteiger partial charge is 0.507 e. The number of phenols is 2. The first-order valence-corrected chi connectivity index (χ1v) is 9.84. The second-order valence-electron chi connectivity index (χ2n) is 7.66. The van der Waals surface area contributed by atoms with Crippen LogP contribution in [-0.4, -0.2) is 49.3 Å². The number of aromatic hydroxyl groups is 2. The van der Waals surface area contributed by atoms with Gasteiger partial charge in [-0.2, -0.15) is 0 Å². The van der Waals surface area contributed by atoms with Crippen molar-refractivity contribution in [2.45, 2.75) is 12.8 Å². The molecule has 2 heterocycles. The van der Waals surface area contributed by atoms with E-state index in [2.05, 4.69) is 15.2 Å². The van der Waals surface area contributed by atoms with Crippen LogP contribution in [-0.2, 0) is 0 Å². The Balaban J connectivity index is 1.97. The number of benzene rings is 2. The van der Waals surface area contributed by atoms with Crippen LogP contribution in [0.25, 0.3) is 16.8 Å². The molecule has 0 fully saturated rings. The molecule has 0 atom stereocenters. The average Bonchev–Trinajstić information content (AvgIpc) is 3.28. The van der Waals surface area contributed by atoms with Gasteiger partial charge in [-0.1, -0.05) is 6.07 Å². The topological polar surface area (TPSA) is 80.5 Å². The second-order valence-corrected chi connectivity index (χ2v) is 7.66. The molecule has 0 bridgehead atoms. The number of hydrogen-bond acceptors (Lipinski definition) is 6. The molecule has 2 aliphatic rings. The molecule has 4 rings (SSSR count). The summed E-state index contributed by atoms with van der Waals surface area (Å²) in [6.07, 6.45) is 3.38. The van der Waals surface area contributed by atoms with E-state index >= 15 is 0 Å². The zero-order valence-electron chi connectivity index (χ0n) is 17.0. The number of rotatable bonds is 6. The normalized spacial score (nSPS) is 16.4. The lowest BCUT2D eigenvalue weighted by atomic mass is 9.99. The Morgan fingerprint density at radius 3 is 2.62 bits per heavy atom. The summed E-state index contributed by atoms with van der Waals surface area (Å²) >= 11 is 0. The highest BCUT2D eigenvalue weighted by atomic mass is 16.3. The third-order valence-corrected chi connectivity index (χ3v) is 5.38. The first-order chi connectivity index (χ1) is 14.0. The fourth-order valence-electron chi connectivity index (χ4n) is 3.92. The van der Waals surface area contributed by atoms with Gasteiger partial charge in [0.25, 0.3) is 0 Å². The molecule has 0 aromatic heterocycles. The molecule has 0 saturated carbocycles. The summed E-state index contributed by atoms with van der Waals surface area (Å²) in [7, 11) is 5.97. The molecular weight excluding hydrogens is 364 g/mol. The van der Waals surface area contributed by atoms with Gasteiger partial charge in [0.1, 0.15) is 11.5 Å². The first kappa shape index (κ1) is 19.4. The van der Waals surface area contributed by atoms with E-state index in [1.165, 1.54) is 0 Å². The second kappa shape index (κ2) is 7.81. The van der Waals surface area contributed by atoms with Crippen molar-refractivity contribution in [2.24, 2.45) is 9.98 Å². The third-order valence-electron chi connectivity index (χ3n) is 5.38. The summed E-state index contributed by atoms with van der Waals surface area (Å²) in [5.41, 5.74) is 3.64. The summed E-state index contributed by atoms with van der Waals surface area (Å²) in [4.78, 5) is 11.6. The molecule has 2 aromatic rings. The lowest BCUT2D eigenvalue weighted by Crippen LogP contribution is -2.29. The van der Waals surface area contributed by atoms with Gasteiger partial charge in [-0.15, -0.1) is 0 Å². The summed E-state index contributed by atoms with van der Waals surface area (Å²) in [5.74, 6) is 0.483. The monoisotopic (exact) mass is 390 g/mol. The molecule has 0 saturated heterocycles. The molecule has 0 spiro atoms. The molecule has 3 N–H and O–H groups in total. The van der Waals surface area contributed by atoms with Crippen LogP contribution in [0.5, 0.6) is 11.5 Å². The van der Waals surface area contributed by atoms with Gasteiger partial charge in [-0.25, -0.2) is 4.99 Å². The van der Waals surface area contributed by atoms with E-state index in [1.807, 2.05) is 45.5 Å². The van der Waals surface area contributed by atoms with Gasteiger partial charge in [0.15, 0.2) is 0 Å². The summed E-state index contributed by atoms with van der Waals surface area (Å²) < 4.78 is 0. The summed E-state index contributed by atoms with van der Waals surface area (Å²) in [6.45, 7) is 1.65. The molecule has 2 aromatic carbocycles. The SMILES string of the molecule is CNCCC1=CN=c2c1c(O)ccc2=C1N=c2cccc(O)c2=C1CCN(C)C. The van der Waals surface area contributed by atoms with Crippen molar-refractivity contribution in [3.05, 3.63) is 63.2 Å². The lowest BCUT2D eigenvalue weighted by Gasteiger charge is -2.12. The van der Waals surface area contributed by atoms with Gasteiger partial charge in [-0.3, -0.25) is 4.99 Å². The summed E-state index contributed by atoms with van der Waals surface area (Å²) in [5, 5.41) is 27.4.